The predicted octanol–water partition coefficient (Wildman–Crippen LogP) is 9.77. The fraction of sp³-hybridized carbons (Fsp3) is 0.929. The van der Waals surface area contributed by atoms with Gasteiger partial charge in [-0.05, 0) is 113 Å². The molecule has 0 amide bonds. The molecule has 2 aliphatic carbocycles. The summed E-state index contributed by atoms with van der Waals surface area (Å²) < 4.78 is 13.6. The normalized spacial score (nSPS) is 25.7. The van der Waals surface area contributed by atoms with Crippen molar-refractivity contribution >= 4 is 16.6 Å². The minimum atomic E-state index is -1.65. The minimum Gasteiger partial charge on any atom is -0.414 e. The molecule has 2 nitrogen and oxygen atoms in total. The van der Waals surface area contributed by atoms with Gasteiger partial charge in [-0.15, -0.1) is 0 Å². The third-order valence-electron chi connectivity index (χ3n) is 9.05. The third kappa shape index (κ3) is 8.10. The van der Waals surface area contributed by atoms with E-state index in [2.05, 4.69) is 67.7 Å². The van der Waals surface area contributed by atoms with Gasteiger partial charge in [0, 0.05) is 12.2 Å². The van der Waals surface area contributed by atoms with Crippen LogP contribution in [0.4, 0.5) is 0 Å². The molecule has 32 heavy (non-hydrogen) atoms. The maximum Gasteiger partial charge on any atom is 0.192 e. The van der Waals surface area contributed by atoms with Crippen LogP contribution in [0.5, 0.6) is 0 Å². The second kappa shape index (κ2) is 11.2. The van der Waals surface area contributed by atoms with Crippen molar-refractivity contribution in [1.82, 2.24) is 0 Å². The molecule has 0 aromatic rings. The van der Waals surface area contributed by atoms with E-state index in [1.54, 1.807) is 0 Å². The molecule has 0 N–H and O–H groups in total. The van der Waals surface area contributed by atoms with Crippen molar-refractivity contribution in [1.29, 1.82) is 0 Å². The second-order valence-electron chi connectivity index (χ2n) is 13.8. The molecule has 2 rings (SSSR count). The maximum atomic E-state index is 6.78. The van der Waals surface area contributed by atoms with Crippen LogP contribution in [0.3, 0.4) is 0 Å². The first-order chi connectivity index (χ1) is 14.6. The first-order valence-electron chi connectivity index (χ1n) is 13.7. The molecule has 0 heterocycles. The summed E-state index contributed by atoms with van der Waals surface area (Å²) in [6, 6.07) is 0. The molecule has 2 fully saturated rings. The monoisotopic (exact) mass is 480 g/mol. The van der Waals surface area contributed by atoms with E-state index in [9.17, 15) is 0 Å². The first kappa shape index (κ1) is 28.3. The SMILES string of the molecule is CC(C)(C)[Si](C)(C)OC1CCCC(=C2CCCC(O[Si](C)(C)C(C)(C)C)CCC2)CCC1. The van der Waals surface area contributed by atoms with Crippen LogP contribution < -0.4 is 0 Å². The van der Waals surface area contributed by atoms with Gasteiger partial charge in [0.05, 0.1) is 0 Å². The summed E-state index contributed by atoms with van der Waals surface area (Å²) in [5, 5.41) is 0.626. The highest BCUT2D eigenvalue weighted by Gasteiger charge is 2.40. The van der Waals surface area contributed by atoms with Gasteiger partial charge in [0.15, 0.2) is 16.6 Å². The van der Waals surface area contributed by atoms with Crippen LogP contribution in [-0.4, -0.2) is 28.8 Å². The summed E-state index contributed by atoms with van der Waals surface area (Å²) in [6.45, 7) is 23.8. The second-order valence-corrected chi connectivity index (χ2v) is 23.3. The molecule has 0 spiro atoms. The van der Waals surface area contributed by atoms with Crippen LogP contribution in [-0.2, 0) is 8.85 Å². The molecule has 0 bridgehead atoms. The summed E-state index contributed by atoms with van der Waals surface area (Å²) in [4.78, 5) is 0. The molecule has 4 heteroatoms. The standard InChI is InChI=1S/C28H56O2Si2/c1-27(2,3)31(7,8)29-25-19-11-15-23(16-12-20-25)24-17-13-21-26(22-14-18-24)30-32(9,10)28(4,5)6/h25-26H,11-22H2,1-10H3. The van der Waals surface area contributed by atoms with Crippen molar-refractivity contribution in [3.63, 3.8) is 0 Å². The minimum absolute atomic E-state index is 0.313. The Morgan fingerprint density at radius 1 is 0.531 bits per heavy atom. The summed E-state index contributed by atoms with van der Waals surface area (Å²) >= 11 is 0. The van der Waals surface area contributed by atoms with Crippen LogP contribution in [0.25, 0.3) is 0 Å². The molecule has 0 saturated heterocycles. The molecule has 2 aliphatic rings. The number of allylic oxidation sites excluding steroid dienone is 2. The van der Waals surface area contributed by atoms with Crippen LogP contribution in [0.2, 0.25) is 36.3 Å². The summed E-state index contributed by atoms with van der Waals surface area (Å²) in [6.07, 6.45) is 16.5. The molecule has 0 aromatic carbocycles. The highest BCUT2D eigenvalue weighted by Crippen LogP contribution is 2.41. The Labute approximate surface area is 203 Å². The van der Waals surface area contributed by atoms with E-state index >= 15 is 0 Å². The number of rotatable bonds is 4. The zero-order valence-electron chi connectivity index (χ0n) is 23.5. The molecule has 0 radical (unpaired) electrons. The van der Waals surface area contributed by atoms with Crippen LogP contribution in [0, 0.1) is 0 Å². The highest BCUT2D eigenvalue weighted by atomic mass is 28.4. The van der Waals surface area contributed by atoms with Crippen molar-refractivity contribution in [2.45, 2.75) is 167 Å². The molecule has 0 atom stereocenters. The predicted molar refractivity (Wildman–Crippen MR) is 147 cm³/mol. The largest absolute Gasteiger partial charge is 0.414 e. The number of hydrogen-bond donors (Lipinski definition) is 0. The van der Waals surface area contributed by atoms with E-state index in [1.807, 2.05) is 11.1 Å². The lowest BCUT2D eigenvalue weighted by atomic mass is 9.86. The third-order valence-corrected chi connectivity index (χ3v) is 18.1. The Hall–Kier alpha value is 0.0938. The first-order valence-corrected chi connectivity index (χ1v) is 19.5. The summed E-state index contributed by atoms with van der Waals surface area (Å²) in [7, 11) is -3.30. The lowest BCUT2D eigenvalue weighted by Crippen LogP contribution is -2.44. The summed E-state index contributed by atoms with van der Waals surface area (Å²) in [5.41, 5.74) is 3.64. The Bertz CT molecular complexity index is 544. The lowest BCUT2D eigenvalue weighted by molar-refractivity contribution is 0.150. The lowest BCUT2D eigenvalue weighted by Gasteiger charge is -2.40. The van der Waals surface area contributed by atoms with Gasteiger partial charge in [-0.1, -0.05) is 52.7 Å². The average molecular weight is 481 g/mol. The molecule has 0 aliphatic heterocycles. The van der Waals surface area contributed by atoms with Crippen molar-refractivity contribution in [2.75, 3.05) is 0 Å². The average Bonchev–Trinajstić information content (AvgIpc) is 2.57. The Morgan fingerprint density at radius 2 is 0.781 bits per heavy atom. The van der Waals surface area contributed by atoms with E-state index in [0.29, 0.717) is 22.3 Å². The molecular formula is C28H56O2Si2. The van der Waals surface area contributed by atoms with Gasteiger partial charge < -0.3 is 8.85 Å². The Morgan fingerprint density at radius 3 is 1.00 bits per heavy atom. The van der Waals surface area contributed by atoms with Gasteiger partial charge >= 0.3 is 0 Å². The zero-order chi connectivity index (χ0) is 24.2. The van der Waals surface area contributed by atoms with Gasteiger partial charge in [-0.2, -0.15) is 0 Å². The number of hydrogen-bond acceptors (Lipinski definition) is 2. The van der Waals surface area contributed by atoms with Crippen molar-refractivity contribution in [3.05, 3.63) is 11.1 Å². The fourth-order valence-electron chi connectivity index (χ4n) is 4.84. The maximum absolute atomic E-state index is 6.78. The van der Waals surface area contributed by atoms with E-state index in [0.717, 1.165) is 0 Å². The fourth-order valence-corrected chi connectivity index (χ4v) is 7.69. The molecular weight excluding hydrogens is 424 g/mol. The molecule has 0 aromatic heterocycles. The van der Waals surface area contributed by atoms with Gasteiger partial charge in [0.1, 0.15) is 0 Å². The van der Waals surface area contributed by atoms with E-state index in [-0.39, 0.29) is 0 Å². The van der Waals surface area contributed by atoms with Crippen molar-refractivity contribution in [2.24, 2.45) is 0 Å². The van der Waals surface area contributed by atoms with E-state index in [1.165, 1.54) is 77.0 Å². The Balaban J connectivity index is 1.89. The van der Waals surface area contributed by atoms with Gasteiger partial charge in [0.25, 0.3) is 0 Å². The molecule has 0 unspecified atom stereocenters. The topological polar surface area (TPSA) is 18.5 Å². The Kier molecular flexibility index (Phi) is 9.94. The van der Waals surface area contributed by atoms with Crippen LogP contribution in [0.1, 0.15) is 119 Å². The van der Waals surface area contributed by atoms with E-state index < -0.39 is 16.6 Å². The van der Waals surface area contributed by atoms with Crippen molar-refractivity contribution in [3.8, 4) is 0 Å². The van der Waals surface area contributed by atoms with Crippen LogP contribution in [0.15, 0.2) is 11.1 Å². The highest BCUT2D eigenvalue weighted by molar-refractivity contribution is 6.74. The molecule has 2 saturated carbocycles. The van der Waals surface area contributed by atoms with Crippen LogP contribution >= 0.6 is 0 Å². The summed E-state index contributed by atoms with van der Waals surface area (Å²) in [5.74, 6) is 0. The van der Waals surface area contributed by atoms with Gasteiger partial charge in [-0.25, -0.2) is 0 Å². The molecule has 188 valence electrons. The van der Waals surface area contributed by atoms with E-state index in [4.69, 9.17) is 8.85 Å². The van der Waals surface area contributed by atoms with Gasteiger partial charge in [-0.3, -0.25) is 0 Å². The zero-order valence-corrected chi connectivity index (χ0v) is 25.5. The quantitative estimate of drug-likeness (QED) is 0.294. The van der Waals surface area contributed by atoms with Crippen molar-refractivity contribution < 1.29 is 8.85 Å². The van der Waals surface area contributed by atoms with Gasteiger partial charge in [0.2, 0.25) is 0 Å². The smallest absolute Gasteiger partial charge is 0.192 e.